The number of ether oxygens (including phenoxy) is 1. The van der Waals surface area contributed by atoms with Gasteiger partial charge in [0.25, 0.3) is 0 Å². The van der Waals surface area contributed by atoms with Crippen LogP contribution in [0, 0.1) is 0 Å². The zero-order valence-corrected chi connectivity index (χ0v) is 15.9. The lowest BCUT2D eigenvalue weighted by Crippen LogP contribution is -2.32. The van der Waals surface area contributed by atoms with Crippen molar-refractivity contribution in [2.45, 2.75) is 38.4 Å². The minimum Gasteiger partial charge on any atom is -0.385 e. The van der Waals surface area contributed by atoms with Gasteiger partial charge in [0, 0.05) is 44.4 Å². The smallest absolute Gasteiger partial charge is 0.170 e. The van der Waals surface area contributed by atoms with Gasteiger partial charge in [-0.2, -0.15) is 0 Å². The van der Waals surface area contributed by atoms with Gasteiger partial charge in [-0.05, 0) is 56.8 Å². The van der Waals surface area contributed by atoms with Crippen molar-refractivity contribution in [3.8, 4) is 0 Å². The first-order chi connectivity index (χ1) is 12.1. The summed E-state index contributed by atoms with van der Waals surface area (Å²) in [6.07, 6.45) is 4.92. The third-order valence-electron chi connectivity index (χ3n) is 4.62. The Morgan fingerprint density at radius 1 is 1.28 bits per heavy atom. The van der Waals surface area contributed by atoms with E-state index in [1.807, 2.05) is 18.3 Å². The molecule has 1 saturated heterocycles. The first kappa shape index (κ1) is 17.9. The van der Waals surface area contributed by atoms with Crippen molar-refractivity contribution in [3.05, 3.63) is 54.1 Å². The predicted octanol–water partition coefficient (Wildman–Crippen LogP) is 3.47. The summed E-state index contributed by atoms with van der Waals surface area (Å²) in [7, 11) is 1.73. The summed E-state index contributed by atoms with van der Waals surface area (Å²) in [4.78, 5) is 6.86. The standard InChI is InChI=1S/C19H26N4OS/c1-14(2)22-11-6-9-16(22)18-17(15-8-4-5-10-20-15)21-19(25)23(18)12-7-13-24-3/h4-6,8-11,14,17-18H,7,12-13H2,1-3H3,(H,21,25)/t17-,18+/m0/s1. The summed E-state index contributed by atoms with van der Waals surface area (Å²) in [5.74, 6) is 0. The maximum Gasteiger partial charge on any atom is 0.170 e. The Morgan fingerprint density at radius 2 is 2.12 bits per heavy atom. The molecule has 1 N–H and O–H groups in total. The summed E-state index contributed by atoms with van der Waals surface area (Å²) in [5, 5.41) is 4.28. The quantitative estimate of drug-likeness (QED) is 0.606. The van der Waals surface area contributed by atoms with Gasteiger partial charge in [0.1, 0.15) is 0 Å². The molecule has 6 heteroatoms. The molecule has 1 fully saturated rings. The predicted molar refractivity (Wildman–Crippen MR) is 103 cm³/mol. The first-order valence-corrected chi connectivity index (χ1v) is 9.18. The monoisotopic (exact) mass is 358 g/mol. The average molecular weight is 359 g/mol. The molecule has 2 atom stereocenters. The van der Waals surface area contributed by atoms with Crippen molar-refractivity contribution in [2.75, 3.05) is 20.3 Å². The van der Waals surface area contributed by atoms with E-state index >= 15 is 0 Å². The van der Waals surface area contributed by atoms with Crippen molar-refractivity contribution >= 4 is 17.3 Å². The third kappa shape index (κ3) is 3.70. The van der Waals surface area contributed by atoms with Crippen LogP contribution < -0.4 is 5.32 Å². The second kappa shape index (κ2) is 7.97. The van der Waals surface area contributed by atoms with Gasteiger partial charge in [0.15, 0.2) is 5.11 Å². The Hall–Kier alpha value is -1.92. The minimum absolute atomic E-state index is 0.0450. The fourth-order valence-electron chi connectivity index (χ4n) is 3.48. The number of nitrogens with one attached hydrogen (secondary N) is 1. The van der Waals surface area contributed by atoms with Gasteiger partial charge < -0.3 is 19.5 Å². The highest BCUT2D eigenvalue weighted by atomic mass is 32.1. The fourth-order valence-corrected chi connectivity index (χ4v) is 3.81. The Morgan fingerprint density at radius 3 is 2.80 bits per heavy atom. The van der Waals surface area contributed by atoms with Crippen LogP contribution in [0.3, 0.4) is 0 Å². The lowest BCUT2D eigenvalue weighted by molar-refractivity contribution is 0.179. The van der Waals surface area contributed by atoms with E-state index in [0.717, 1.165) is 30.4 Å². The summed E-state index contributed by atoms with van der Waals surface area (Å²) in [6.45, 7) is 5.99. The summed E-state index contributed by atoms with van der Waals surface area (Å²) < 4.78 is 7.55. The zero-order valence-electron chi connectivity index (χ0n) is 15.1. The second-order valence-electron chi connectivity index (χ2n) is 6.60. The first-order valence-electron chi connectivity index (χ1n) is 8.77. The third-order valence-corrected chi connectivity index (χ3v) is 4.97. The molecule has 0 unspecified atom stereocenters. The molecule has 25 heavy (non-hydrogen) atoms. The molecule has 0 radical (unpaired) electrons. The molecule has 0 bridgehead atoms. The van der Waals surface area contributed by atoms with Gasteiger partial charge in [0.2, 0.25) is 0 Å². The van der Waals surface area contributed by atoms with E-state index in [1.165, 1.54) is 5.69 Å². The number of aromatic nitrogens is 2. The molecule has 0 amide bonds. The Kier molecular flexibility index (Phi) is 5.71. The van der Waals surface area contributed by atoms with E-state index in [-0.39, 0.29) is 12.1 Å². The van der Waals surface area contributed by atoms with Gasteiger partial charge in [-0.1, -0.05) is 6.07 Å². The van der Waals surface area contributed by atoms with Crippen LogP contribution in [-0.4, -0.2) is 39.8 Å². The van der Waals surface area contributed by atoms with Gasteiger partial charge in [-0.15, -0.1) is 0 Å². The summed E-state index contributed by atoms with van der Waals surface area (Å²) >= 11 is 5.66. The normalized spacial score (nSPS) is 20.3. The SMILES string of the molecule is COCCCN1C(=S)N[C@@H](c2ccccn2)[C@H]1c1cccn1C(C)C. The van der Waals surface area contributed by atoms with E-state index in [4.69, 9.17) is 17.0 Å². The Bertz CT molecular complexity index is 700. The molecule has 3 heterocycles. The van der Waals surface area contributed by atoms with Gasteiger partial charge in [-0.25, -0.2) is 0 Å². The van der Waals surface area contributed by atoms with Crippen LogP contribution >= 0.6 is 12.2 Å². The van der Waals surface area contributed by atoms with E-state index in [0.29, 0.717) is 6.04 Å². The molecule has 0 spiro atoms. The Labute approximate surface area is 155 Å². The maximum atomic E-state index is 5.66. The van der Waals surface area contributed by atoms with Crippen LogP contribution in [0.2, 0.25) is 0 Å². The van der Waals surface area contributed by atoms with E-state index in [2.05, 4.69) is 58.0 Å². The molecule has 0 saturated carbocycles. The van der Waals surface area contributed by atoms with Crippen molar-refractivity contribution in [2.24, 2.45) is 0 Å². The van der Waals surface area contributed by atoms with Crippen molar-refractivity contribution in [1.29, 1.82) is 0 Å². The molecule has 3 rings (SSSR count). The zero-order chi connectivity index (χ0) is 17.8. The van der Waals surface area contributed by atoms with Crippen LogP contribution in [0.4, 0.5) is 0 Å². The molecule has 0 aliphatic carbocycles. The summed E-state index contributed by atoms with van der Waals surface area (Å²) in [5.41, 5.74) is 2.27. The maximum absolute atomic E-state index is 5.66. The second-order valence-corrected chi connectivity index (χ2v) is 6.99. The van der Waals surface area contributed by atoms with Crippen LogP contribution in [-0.2, 0) is 4.74 Å². The number of hydrogen-bond donors (Lipinski definition) is 1. The number of methoxy groups -OCH3 is 1. The van der Waals surface area contributed by atoms with Crippen LogP contribution in [0.25, 0.3) is 0 Å². The molecule has 1 aliphatic rings. The van der Waals surface area contributed by atoms with E-state index < -0.39 is 0 Å². The lowest BCUT2D eigenvalue weighted by Gasteiger charge is -2.29. The van der Waals surface area contributed by atoms with Gasteiger partial charge >= 0.3 is 0 Å². The highest BCUT2D eigenvalue weighted by molar-refractivity contribution is 7.80. The van der Waals surface area contributed by atoms with Crippen LogP contribution in [0.5, 0.6) is 0 Å². The number of thiocarbonyl (C=S) groups is 1. The highest BCUT2D eigenvalue weighted by Gasteiger charge is 2.40. The minimum atomic E-state index is 0.0450. The van der Waals surface area contributed by atoms with Crippen LogP contribution in [0.15, 0.2) is 42.7 Å². The molecule has 134 valence electrons. The van der Waals surface area contributed by atoms with Gasteiger partial charge in [0.05, 0.1) is 17.8 Å². The lowest BCUT2D eigenvalue weighted by atomic mass is 10.0. The fraction of sp³-hybridized carbons (Fsp3) is 0.474. The summed E-state index contributed by atoms with van der Waals surface area (Å²) in [6, 6.07) is 10.9. The van der Waals surface area contributed by atoms with E-state index in [9.17, 15) is 0 Å². The van der Waals surface area contributed by atoms with Crippen LogP contribution in [0.1, 0.15) is 49.8 Å². The average Bonchev–Trinajstić information content (AvgIpc) is 3.21. The highest BCUT2D eigenvalue weighted by Crippen LogP contribution is 2.39. The van der Waals surface area contributed by atoms with Crippen molar-refractivity contribution in [3.63, 3.8) is 0 Å². The molecule has 2 aromatic rings. The molecular weight excluding hydrogens is 332 g/mol. The molecular formula is C19H26N4OS. The molecule has 0 aromatic carbocycles. The molecule has 2 aromatic heterocycles. The number of hydrogen-bond acceptors (Lipinski definition) is 3. The topological polar surface area (TPSA) is 42.3 Å². The number of rotatable bonds is 7. The largest absolute Gasteiger partial charge is 0.385 e. The molecule has 5 nitrogen and oxygen atoms in total. The Balaban J connectivity index is 1.98. The van der Waals surface area contributed by atoms with Crippen molar-refractivity contribution in [1.82, 2.24) is 19.8 Å². The van der Waals surface area contributed by atoms with Gasteiger partial charge in [-0.3, -0.25) is 4.98 Å². The van der Waals surface area contributed by atoms with E-state index in [1.54, 1.807) is 7.11 Å². The molecule has 1 aliphatic heterocycles. The number of nitrogens with zero attached hydrogens (tertiary/aromatic N) is 3. The number of pyridine rings is 1. The van der Waals surface area contributed by atoms with Crippen molar-refractivity contribution < 1.29 is 4.74 Å².